The van der Waals surface area contributed by atoms with Gasteiger partial charge in [-0.1, -0.05) is 12.1 Å². The third-order valence-corrected chi connectivity index (χ3v) is 3.84. The number of fused-ring (bicyclic) bond motifs is 1. The monoisotopic (exact) mass is 218 g/mol. The first-order chi connectivity index (χ1) is 7.21. The average molecular weight is 218 g/mol. The molecule has 0 spiro atoms. The highest BCUT2D eigenvalue weighted by Gasteiger charge is 2.35. The first-order valence-electron chi connectivity index (χ1n) is 5.41. The van der Waals surface area contributed by atoms with E-state index >= 15 is 0 Å². The van der Waals surface area contributed by atoms with Crippen molar-refractivity contribution in [2.45, 2.75) is 31.7 Å². The van der Waals surface area contributed by atoms with E-state index in [-0.39, 0.29) is 5.54 Å². The Hall–Kier alpha value is -1.09. The number of nitrogens with one attached hydrogen (secondary N) is 1. The van der Waals surface area contributed by atoms with Crippen LogP contribution in [0.2, 0.25) is 0 Å². The van der Waals surface area contributed by atoms with E-state index in [1.807, 2.05) is 6.07 Å². The van der Waals surface area contributed by atoms with Crippen LogP contribution >= 0.6 is 12.2 Å². The van der Waals surface area contributed by atoms with Crippen LogP contribution in [-0.2, 0) is 5.54 Å². The van der Waals surface area contributed by atoms with Crippen LogP contribution in [0.1, 0.15) is 26.2 Å². The van der Waals surface area contributed by atoms with Gasteiger partial charge in [0.1, 0.15) is 0 Å². The molecule has 1 aromatic carbocycles. The second-order valence-corrected chi connectivity index (χ2v) is 5.02. The van der Waals surface area contributed by atoms with E-state index in [1.165, 1.54) is 24.8 Å². The minimum Gasteiger partial charge on any atom is -0.331 e. The van der Waals surface area contributed by atoms with E-state index < -0.39 is 0 Å². The Morgan fingerprint density at radius 3 is 2.73 bits per heavy atom. The van der Waals surface area contributed by atoms with Crippen molar-refractivity contribution < 1.29 is 0 Å². The number of imidazole rings is 1. The smallest absolute Gasteiger partial charge is 0.178 e. The quantitative estimate of drug-likeness (QED) is 0.725. The predicted octanol–water partition coefficient (Wildman–Crippen LogP) is 3.60. The molecule has 0 aliphatic heterocycles. The zero-order chi connectivity index (χ0) is 10.5. The molecule has 1 heterocycles. The summed E-state index contributed by atoms with van der Waals surface area (Å²) in [6, 6.07) is 8.35. The van der Waals surface area contributed by atoms with Crippen LogP contribution in [0.15, 0.2) is 24.3 Å². The van der Waals surface area contributed by atoms with Gasteiger partial charge in [-0.25, -0.2) is 0 Å². The van der Waals surface area contributed by atoms with Gasteiger partial charge >= 0.3 is 0 Å². The van der Waals surface area contributed by atoms with E-state index in [2.05, 4.69) is 34.7 Å². The fourth-order valence-electron chi connectivity index (χ4n) is 2.50. The molecule has 1 fully saturated rings. The van der Waals surface area contributed by atoms with Crippen LogP contribution in [0, 0.1) is 4.77 Å². The maximum atomic E-state index is 5.41. The molecule has 1 aliphatic rings. The zero-order valence-electron chi connectivity index (χ0n) is 8.79. The van der Waals surface area contributed by atoms with Gasteiger partial charge in [-0.05, 0) is 50.5 Å². The van der Waals surface area contributed by atoms with E-state index in [0.717, 1.165) is 10.3 Å². The Bertz CT molecular complexity index is 560. The summed E-state index contributed by atoms with van der Waals surface area (Å²) in [6.45, 7) is 2.30. The molecule has 0 atom stereocenters. The van der Waals surface area contributed by atoms with Crippen molar-refractivity contribution in [2.75, 3.05) is 0 Å². The molecule has 0 unspecified atom stereocenters. The van der Waals surface area contributed by atoms with Gasteiger partial charge in [0.05, 0.1) is 11.0 Å². The lowest BCUT2D eigenvalue weighted by Gasteiger charge is -2.40. The second kappa shape index (κ2) is 2.95. The van der Waals surface area contributed by atoms with Gasteiger partial charge in [-0.15, -0.1) is 0 Å². The van der Waals surface area contributed by atoms with Gasteiger partial charge in [-0.2, -0.15) is 0 Å². The summed E-state index contributed by atoms with van der Waals surface area (Å²) in [6.07, 6.45) is 3.80. The standard InChI is InChI=1S/C12H14N2S/c1-12(7-4-8-12)14-10-6-3-2-5-9(10)13-11(14)15/h2-3,5-6H,4,7-8H2,1H3,(H,13,15). The lowest BCUT2D eigenvalue weighted by Crippen LogP contribution is -2.37. The van der Waals surface area contributed by atoms with Crippen LogP contribution in [-0.4, -0.2) is 9.55 Å². The molecule has 0 saturated heterocycles. The molecule has 1 N–H and O–H groups in total. The number of aromatic nitrogens is 2. The van der Waals surface area contributed by atoms with Crippen LogP contribution < -0.4 is 0 Å². The third kappa shape index (κ3) is 1.19. The minimum atomic E-state index is 0.247. The largest absolute Gasteiger partial charge is 0.331 e. The van der Waals surface area contributed by atoms with Crippen molar-refractivity contribution >= 4 is 23.3 Å². The highest BCUT2D eigenvalue weighted by molar-refractivity contribution is 7.71. The molecule has 15 heavy (non-hydrogen) atoms. The average Bonchev–Trinajstić information content (AvgIpc) is 2.51. The van der Waals surface area contributed by atoms with E-state index in [9.17, 15) is 0 Å². The maximum Gasteiger partial charge on any atom is 0.178 e. The van der Waals surface area contributed by atoms with E-state index in [4.69, 9.17) is 12.2 Å². The van der Waals surface area contributed by atoms with E-state index in [1.54, 1.807) is 0 Å². The zero-order valence-corrected chi connectivity index (χ0v) is 9.60. The van der Waals surface area contributed by atoms with Gasteiger partial charge in [0, 0.05) is 5.54 Å². The molecule has 0 bridgehead atoms. The van der Waals surface area contributed by atoms with Crippen molar-refractivity contribution in [1.82, 2.24) is 9.55 Å². The summed E-state index contributed by atoms with van der Waals surface area (Å²) < 4.78 is 3.15. The molecule has 0 amide bonds. The first-order valence-corrected chi connectivity index (χ1v) is 5.82. The Balaban J connectivity index is 2.34. The van der Waals surface area contributed by atoms with Crippen LogP contribution in [0.25, 0.3) is 11.0 Å². The number of aromatic amines is 1. The molecule has 2 aromatic rings. The SMILES string of the molecule is CC1(n2c(=S)[nH]c3ccccc32)CCC1. The highest BCUT2D eigenvalue weighted by atomic mass is 32.1. The number of H-pyrrole nitrogens is 1. The molecule has 1 saturated carbocycles. The highest BCUT2D eigenvalue weighted by Crippen LogP contribution is 2.40. The van der Waals surface area contributed by atoms with E-state index in [0.29, 0.717) is 0 Å². The number of hydrogen-bond acceptors (Lipinski definition) is 1. The van der Waals surface area contributed by atoms with Crippen molar-refractivity contribution in [1.29, 1.82) is 0 Å². The molecular weight excluding hydrogens is 204 g/mol. The van der Waals surface area contributed by atoms with Gasteiger partial charge in [0.2, 0.25) is 0 Å². The minimum absolute atomic E-state index is 0.247. The first kappa shape index (κ1) is 9.16. The molecule has 3 rings (SSSR count). The molecule has 3 heteroatoms. The molecular formula is C12H14N2S. The van der Waals surface area contributed by atoms with Crippen molar-refractivity contribution in [3.05, 3.63) is 29.0 Å². The maximum absolute atomic E-state index is 5.41. The Kier molecular flexibility index (Phi) is 1.80. The molecule has 78 valence electrons. The summed E-state index contributed by atoms with van der Waals surface area (Å²) >= 11 is 5.41. The van der Waals surface area contributed by atoms with Crippen molar-refractivity contribution in [3.63, 3.8) is 0 Å². The number of para-hydroxylation sites is 2. The van der Waals surface area contributed by atoms with Crippen LogP contribution in [0.3, 0.4) is 0 Å². The summed E-state index contributed by atoms with van der Waals surface area (Å²) in [5.74, 6) is 0. The number of hydrogen-bond donors (Lipinski definition) is 1. The predicted molar refractivity (Wildman–Crippen MR) is 64.6 cm³/mol. The molecule has 1 aliphatic carbocycles. The fourth-order valence-corrected chi connectivity index (χ4v) is 2.93. The van der Waals surface area contributed by atoms with Gasteiger partial charge < -0.3 is 9.55 Å². The fraction of sp³-hybridized carbons (Fsp3) is 0.417. The normalized spacial score (nSPS) is 19.0. The number of rotatable bonds is 1. The lowest BCUT2D eigenvalue weighted by atomic mass is 9.78. The summed E-state index contributed by atoms with van der Waals surface area (Å²) in [5, 5.41) is 0. The molecule has 1 aromatic heterocycles. The van der Waals surface area contributed by atoms with Gasteiger partial charge in [0.25, 0.3) is 0 Å². The Labute approximate surface area is 93.9 Å². The topological polar surface area (TPSA) is 20.7 Å². The van der Waals surface area contributed by atoms with Crippen LogP contribution in [0.4, 0.5) is 0 Å². The number of nitrogens with zero attached hydrogens (tertiary/aromatic N) is 1. The lowest BCUT2D eigenvalue weighted by molar-refractivity contribution is 0.172. The number of benzene rings is 1. The van der Waals surface area contributed by atoms with Crippen molar-refractivity contribution in [2.24, 2.45) is 0 Å². The molecule has 2 nitrogen and oxygen atoms in total. The van der Waals surface area contributed by atoms with Crippen LogP contribution in [0.5, 0.6) is 0 Å². The summed E-state index contributed by atoms with van der Waals surface area (Å²) in [5.41, 5.74) is 2.64. The van der Waals surface area contributed by atoms with Crippen molar-refractivity contribution in [3.8, 4) is 0 Å². The van der Waals surface area contributed by atoms with Gasteiger partial charge in [0.15, 0.2) is 4.77 Å². The second-order valence-electron chi connectivity index (χ2n) is 4.63. The molecule has 0 radical (unpaired) electrons. The van der Waals surface area contributed by atoms with Gasteiger partial charge in [-0.3, -0.25) is 0 Å². The summed E-state index contributed by atoms with van der Waals surface area (Å²) in [7, 11) is 0. The summed E-state index contributed by atoms with van der Waals surface area (Å²) in [4.78, 5) is 3.28. The third-order valence-electron chi connectivity index (χ3n) is 3.56. The Morgan fingerprint density at radius 1 is 1.33 bits per heavy atom. The Morgan fingerprint density at radius 2 is 2.07 bits per heavy atom.